The van der Waals surface area contributed by atoms with Crippen molar-refractivity contribution in [3.63, 3.8) is 0 Å². The molecular formula is C16H35IN4O. The fourth-order valence-electron chi connectivity index (χ4n) is 2.02. The normalized spacial score (nSPS) is 12.3. The van der Waals surface area contributed by atoms with Gasteiger partial charge in [-0.2, -0.15) is 0 Å². The molecule has 6 heteroatoms. The van der Waals surface area contributed by atoms with Crippen molar-refractivity contribution in [3.8, 4) is 0 Å². The maximum atomic E-state index is 11.5. The molecule has 0 saturated carbocycles. The Morgan fingerprint density at radius 3 is 2.36 bits per heavy atom. The first-order valence-electron chi connectivity index (χ1n) is 8.37. The van der Waals surface area contributed by atoms with E-state index in [2.05, 4.69) is 34.8 Å². The van der Waals surface area contributed by atoms with Crippen LogP contribution in [0.3, 0.4) is 0 Å². The van der Waals surface area contributed by atoms with Gasteiger partial charge in [-0.15, -0.1) is 24.0 Å². The van der Waals surface area contributed by atoms with Crippen molar-refractivity contribution in [2.75, 3.05) is 20.1 Å². The predicted octanol–water partition coefficient (Wildman–Crippen LogP) is 3.04. The third kappa shape index (κ3) is 14.4. The van der Waals surface area contributed by atoms with Crippen LogP contribution in [0.25, 0.3) is 0 Å². The van der Waals surface area contributed by atoms with Gasteiger partial charge in [-0.1, -0.05) is 39.5 Å². The highest BCUT2D eigenvalue weighted by Crippen LogP contribution is 2.04. The van der Waals surface area contributed by atoms with Crippen molar-refractivity contribution >= 4 is 35.8 Å². The highest BCUT2D eigenvalue weighted by molar-refractivity contribution is 14.0. The van der Waals surface area contributed by atoms with Gasteiger partial charge in [0.05, 0.1) is 0 Å². The molecule has 0 spiro atoms. The van der Waals surface area contributed by atoms with Crippen LogP contribution in [0.15, 0.2) is 4.99 Å². The fourth-order valence-corrected chi connectivity index (χ4v) is 2.02. The van der Waals surface area contributed by atoms with Crippen LogP contribution in [0.1, 0.15) is 65.7 Å². The van der Waals surface area contributed by atoms with Gasteiger partial charge in [-0.3, -0.25) is 9.79 Å². The van der Waals surface area contributed by atoms with E-state index in [1.807, 2.05) is 6.92 Å². The second-order valence-electron chi connectivity index (χ2n) is 5.49. The molecule has 0 aromatic rings. The molecule has 0 bridgehead atoms. The second kappa shape index (κ2) is 16.8. The minimum Gasteiger partial charge on any atom is -0.356 e. The summed E-state index contributed by atoms with van der Waals surface area (Å²) in [5.74, 6) is 0.869. The standard InChI is InChI=1S/C16H34N4O.HI/c1-5-7-8-9-10-14(3)20-16(17-4)19-13-11-15(21)18-12-6-2;/h14H,5-13H2,1-4H3,(H,18,21)(H2,17,19,20);1H. The zero-order valence-corrected chi connectivity index (χ0v) is 17.0. The first kappa shape index (κ1) is 23.7. The Balaban J connectivity index is 0. The van der Waals surface area contributed by atoms with Gasteiger partial charge in [0.2, 0.25) is 5.91 Å². The van der Waals surface area contributed by atoms with Gasteiger partial charge in [0.15, 0.2) is 5.96 Å². The quantitative estimate of drug-likeness (QED) is 0.206. The molecule has 5 nitrogen and oxygen atoms in total. The molecule has 0 aliphatic carbocycles. The van der Waals surface area contributed by atoms with E-state index in [1.54, 1.807) is 7.05 Å². The van der Waals surface area contributed by atoms with Crippen LogP contribution in [0.5, 0.6) is 0 Å². The number of aliphatic imine (C=N–C) groups is 1. The average molecular weight is 426 g/mol. The number of nitrogens with one attached hydrogen (secondary N) is 3. The summed E-state index contributed by atoms with van der Waals surface area (Å²) >= 11 is 0. The van der Waals surface area contributed by atoms with Gasteiger partial charge in [0.1, 0.15) is 0 Å². The number of halogens is 1. The summed E-state index contributed by atoms with van der Waals surface area (Å²) in [6.07, 6.45) is 7.73. The van der Waals surface area contributed by atoms with E-state index in [0.29, 0.717) is 19.0 Å². The molecule has 0 rings (SSSR count). The van der Waals surface area contributed by atoms with Crippen LogP contribution in [-0.2, 0) is 4.79 Å². The van der Waals surface area contributed by atoms with E-state index in [1.165, 1.54) is 25.7 Å². The Hall–Kier alpha value is -0.530. The maximum Gasteiger partial charge on any atom is 0.221 e. The highest BCUT2D eigenvalue weighted by Gasteiger charge is 2.05. The van der Waals surface area contributed by atoms with Crippen molar-refractivity contribution < 1.29 is 4.79 Å². The summed E-state index contributed by atoms with van der Waals surface area (Å²) in [7, 11) is 1.76. The lowest BCUT2D eigenvalue weighted by Gasteiger charge is -2.17. The second-order valence-corrected chi connectivity index (χ2v) is 5.49. The van der Waals surface area contributed by atoms with Crippen molar-refractivity contribution in [3.05, 3.63) is 0 Å². The topological polar surface area (TPSA) is 65.5 Å². The monoisotopic (exact) mass is 426 g/mol. The number of amides is 1. The van der Waals surface area contributed by atoms with Crippen molar-refractivity contribution in [2.24, 2.45) is 4.99 Å². The molecule has 0 aromatic carbocycles. The van der Waals surface area contributed by atoms with E-state index in [0.717, 1.165) is 25.3 Å². The van der Waals surface area contributed by atoms with Crippen LogP contribution < -0.4 is 16.0 Å². The van der Waals surface area contributed by atoms with Crippen LogP contribution in [0, 0.1) is 0 Å². The molecule has 3 N–H and O–H groups in total. The summed E-state index contributed by atoms with van der Waals surface area (Å²) in [6.45, 7) is 7.81. The molecule has 0 saturated heterocycles. The number of guanidine groups is 1. The lowest BCUT2D eigenvalue weighted by molar-refractivity contribution is -0.120. The molecule has 1 unspecified atom stereocenters. The van der Waals surface area contributed by atoms with Crippen LogP contribution in [0.2, 0.25) is 0 Å². The van der Waals surface area contributed by atoms with E-state index < -0.39 is 0 Å². The summed E-state index contributed by atoms with van der Waals surface area (Å²) in [5.41, 5.74) is 0. The number of unbranched alkanes of at least 4 members (excludes halogenated alkanes) is 3. The van der Waals surface area contributed by atoms with E-state index in [9.17, 15) is 4.79 Å². The lowest BCUT2D eigenvalue weighted by Crippen LogP contribution is -2.43. The number of hydrogen-bond acceptors (Lipinski definition) is 2. The summed E-state index contributed by atoms with van der Waals surface area (Å²) in [5, 5.41) is 9.42. The zero-order chi connectivity index (χ0) is 15.9. The fraction of sp³-hybridized carbons (Fsp3) is 0.875. The van der Waals surface area contributed by atoms with Gasteiger partial charge in [-0.25, -0.2) is 0 Å². The molecule has 0 aromatic heterocycles. The number of nitrogens with zero attached hydrogens (tertiary/aromatic N) is 1. The lowest BCUT2D eigenvalue weighted by atomic mass is 10.1. The Bertz CT molecular complexity index is 298. The first-order valence-corrected chi connectivity index (χ1v) is 8.37. The number of carbonyl (C=O) groups is 1. The first-order chi connectivity index (χ1) is 10.1. The average Bonchev–Trinajstić information content (AvgIpc) is 2.48. The molecule has 0 radical (unpaired) electrons. The van der Waals surface area contributed by atoms with E-state index >= 15 is 0 Å². The van der Waals surface area contributed by atoms with Gasteiger partial charge in [0.25, 0.3) is 0 Å². The van der Waals surface area contributed by atoms with Crippen molar-refractivity contribution in [2.45, 2.75) is 71.8 Å². The van der Waals surface area contributed by atoms with Crippen LogP contribution in [-0.4, -0.2) is 38.0 Å². The maximum absolute atomic E-state index is 11.5. The SMILES string of the molecule is CCCCCCC(C)NC(=NC)NCCC(=O)NCCC.I. The minimum absolute atomic E-state index is 0. The predicted molar refractivity (Wildman–Crippen MR) is 106 cm³/mol. The number of carbonyl (C=O) groups excluding carboxylic acids is 1. The van der Waals surface area contributed by atoms with Crippen molar-refractivity contribution in [1.82, 2.24) is 16.0 Å². The summed E-state index contributed by atoms with van der Waals surface area (Å²) < 4.78 is 0. The van der Waals surface area contributed by atoms with Gasteiger partial charge < -0.3 is 16.0 Å². The Morgan fingerprint density at radius 1 is 1.05 bits per heavy atom. The largest absolute Gasteiger partial charge is 0.356 e. The molecule has 0 heterocycles. The smallest absolute Gasteiger partial charge is 0.221 e. The molecule has 0 aliphatic heterocycles. The Kier molecular flexibility index (Phi) is 18.2. The van der Waals surface area contributed by atoms with Crippen molar-refractivity contribution in [1.29, 1.82) is 0 Å². The van der Waals surface area contributed by atoms with Crippen LogP contribution in [0.4, 0.5) is 0 Å². The number of rotatable bonds is 11. The molecule has 0 fully saturated rings. The van der Waals surface area contributed by atoms with E-state index in [-0.39, 0.29) is 29.9 Å². The van der Waals surface area contributed by atoms with E-state index in [4.69, 9.17) is 0 Å². The molecule has 1 atom stereocenters. The summed E-state index contributed by atoms with van der Waals surface area (Å²) in [4.78, 5) is 15.7. The Labute approximate surface area is 153 Å². The molecule has 22 heavy (non-hydrogen) atoms. The van der Waals surface area contributed by atoms with Gasteiger partial charge in [0, 0.05) is 32.6 Å². The molecule has 132 valence electrons. The summed E-state index contributed by atoms with van der Waals surface area (Å²) in [6, 6.07) is 0.405. The minimum atomic E-state index is 0. The van der Waals surface area contributed by atoms with Crippen LogP contribution >= 0.6 is 24.0 Å². The van der Waals surface area contributed by atoms with Gasteiger partial charge in [-0.05, 0) is 19.8 Å². The highest BCUT2D eigenvalue weighted by atomic mass is 127. The molecular weight excluding hydrogens is 391 g/mol. The molecule has 0 aliphatic rings. The third-order valence-electron chi connectivity index (χ3n) is 3.31. The third-order valence-corrected chi connectivity index (χ3v) is 3.31. The van der Waals surface area contributed by atoms with Gasteiger partial charge >= 0.3 is 0 Å². The number of hydrogen-bond donors (Lipinski definition) is 3. The molecule has 1 amide bonds. The Morgan fingerprint density at radius 2 is 1.77 bits per heavy atom. The zero-order valence-electron chi connectivity index (χ0n) is 14.7.